The molecule has 29 heavy (non-hydrogen) atoms. The topological polar surface area (TPSA) is 105 Å². The molecule has 2 heterocycles. The largest absolute Gasteiger partial charge is 0.468 e. The molecule has 1 aromatic carbocycles. The maximum atomic E-state index is 13.6. The molecule has 3 aromatic rings. The van der Waals surface area contributed by atoms with Crippen LogP contribution in [0.4, 0.5) is 4.39 Å². The number of carbonyl (C=O) groups is 2. The third kappa shape index (κ3) is 4.90. The molecule has 0 radical (unpaired) electrons. The molecule has 1 atom stereocenters. The molecule has 0 aliphatic carbocycles. The molecule has 7 nitrogen and oxygen atoms in total. The van der Waals surface area contributed by atoms with Gasteiger partial charge in [-0.2, -0.15) is 0 Å². The average Bonchev–Trinajstić information content (AvgIpc) is 3.41. The van der Waals surface area contributed by atoms with Crippen LogP contribution in [0.5, 0.6) is 0 Å². The van der Waals surface area contributed by atoms with Gasteiger partial charge in [-0.15, -0.1) is 11.3 Å². The first kappa shape index (κ1) is 20.7. The number of hydrogen-bond acceptors (Lipinski definition) is 6. The first-order chi connectivity index (χ1) is 13.9. The molecule has 0 fully saturated rings. The van der Waals surface area contributed by atoms with E-state index >= 15 is 0 Å². The Bertz CT molecular complexity index is 1080. The summed E-state index contributed by atoms with van der Waals surface area (Å²) >= 11 is 1.05. The van der Waals surface area contributed by atoms with E-state index in [2.05, 4.69) is 10.6 Å². The van der Waals surface area contributed by atoms with Gasteiger partial charge < -0.3 is 15.1 Å². The third-order valence-corrected chi connectivity index (χ3v) is 7.55. The second kappa shape index (κ2) is 9.01. The van der Waals surface area contributed by atoms with Crippen molar-refractivity contribution < 1.29 is 26.8 Å². The zero-order valence-electron chi connectivity index (χ0n) is 15.0. The summed E-state index contributed by atoms with van der Waals surface area (Å²) in [6.45, 7) is -0.534. The molecule has 152 valence electrons. The highest BCUT2D eigenvalue weighted by Crippen LogP contribution is 2.31. The molecular formula is C19H17FN2O5S2. The average molecular weight is 436 g/mol. The fraction of sp³-hybridized carbons (Fsp3) is 0.158. The van der Waals surface area contributed by atoms with Crippen LogP contribution in [0.1, 0.15) is 16.6 Å². The van der Waals surface area contributed by atoms with Gasteiger partial charge in [-0.3, -0.25) is 9.59 Å². The molecule has 0 spiro atoms. The number of amides is 2. The van der Waals surface area contributed by atoms with E-state index in [9.17, 15) is 22.4 Å². The van der Waals surface area contributed by atoms with Gasteiger partial charge in [0.1, 0.15) is 21.0 Å². The Morgan fingerprint density at radius 1 is 1.03 bits per heavy atom. The SMILES string of the molecule is O=C(NCc1ccccc1F)C(=O)NC[C@@H](c1ccco1)S(=O)(=O)c1cccs1. The van der Waals surface area contributed by atoms with Crippen molar-refractivity contribution in [1.82, 2.24) is 10.6 Å². The smallest absolute Gasteiger partial charge is 0.309 e. The molecule has 0 aliphatic heterocycles. The molecule has 0 unspecified atom stereocenters. The van der Waals surface area contributed by atoms with Gasteiger partial charge >= 0.3 is 11.8 Å². The molecule has 0 aliphatic rings. The van der Waals surface area contributed by atoms with Gasteiger partial charge in [0, 0.05) is 18.7 Å². The van der Waals surface area contributed by atoms with E-state index < -0.39 is 32.7 Å². The zero-order valence-corrected chi connectivity index (χ0v) is 16.6. The normalized spacial score (nSPS) is 12.3. The van der Waals surface area contributed by atoms with Gasteiger partial charge in [-0.05, 0) is 29.6 Å². The molecule has 0 bridgehead atoms. The van der Waals surface area contributed by atoms with Crippen molar-refractivity contribution in [3.05, 3.63) is 77.3 Å². The summed E-state index contributed by atoms with van der Waals surface area (Å²) in [5.74, 6) is -2.39. The van der Waals surface area contributed by atoms with Gasteiger partial charge in [0.2, 0.25) is 0 Å². The standard InChI is InChI=1S/C19H17FN2O5S2/c20-14-6-2-1-5-13(14)11-21-18(23)19(24)22-12-16(15-7-3-9-27-15)29(25,26)17-8-4-10-28-17/h1-10,16H,11-12H2,(H,21,23)(H,22,24)/t16-/m0/s1. The molecule has 2 aromatic heterocycles. The first-order valence-electron chi connectivity index (χ1n) is 8.50. The lowest BCUT2D eigenvalue weighted by Gasteiger charge is -2.15. The molecular weight excluding hydrogens is 419 g/mol. The van der Waals surface area contributed by atoms with Crippen molar-refractivity contribution in [1.29, 1.82) is 0 Å². The summed E-state index contributed by atoms with van der Waals surface area (Å²) in [4.78, 5) is 24.1. The highest BCUT2D eigenvalue weighted by atomic mass is 32.2. The minimum absolute atomic E-state index is 0.122. The summed E-state index contributed by atoms with van der Waals surface area (Å²) in [5, 5.41) is 5.04. The van der Waals surface area contributed by atoms with Gasteiger partial charge in [-0.25, -0.2) is 12.8 Å². The highest BCUT2D eigenvalue weighted by molar-refractivity contribution is 7.93. The van der Waals surface area contributed by atoms with E-state index in [1.54, 1.807) is 17.5 Å². The van der Waals surface area contributed by atoms with Crippen LogP contribution in [0.25, 0.3) is 0 Å². The van der Waals surface area contributed by atoms with Crippen LogP contribution >= 0.6 is 11.3 Å². The van der Waals surface area contributed by atoms with E-state index in [0.29, 0.717) is 0 Å². The van der Waals surface area contributed by atoms with Gasteiger partial charge in [0.05, 0.1) is 6.26 Å². The molecule has 10 heteroatoms. The number of nitrogens with one attached hydrogen (secondary N) is 2. The summed E-state index contributed by atoms with van der Waals surface area (Å²) in [6.07, 6.45) is 1.33. The second-order valence-electron chi connectivity index (χ2n) is 5.97. The number of sulfone groups is 1. The quantitative estimate of drug-likeness (QED) is 0.554. The fourth-order valence-electron chi connectivity index (χ4n) is 2.57. The van der Waals surface area contributed by atoms with Crippen LogP contribution < -0.4 is 10.6 Å². The molecule has 0 saturated carbocycles. The lowest BCUT2D eigenvalue weighted by Crippen LogP contribution is -2.42. The van der Waals surface area contributed by atoms with Crippen molar-refractivity contribution in [3.63, 3.8) is 0 Å². The minimum atomic E-state index is -3.83. The Morgan fingerprint density at radius 2 is 1.79 bits per heavy atom. The van der Waals surface area contributed by atoms with Crippen LogP contribution in [0.15, 0.2) is 68.8 Å². The van der Waals surface area contributed by atoms with Gasteiger partial charge in [0.15, 0.2) is 9.84 Å². The lowest BCUT2D eigenvalue weighted by molar-refractivity contribution is -0.139. The van der Waals surface area contributed by atoms with E-state index in [1.807, 2.05) is 0 Å². The van der Waals surface area contributed by atoms with Crippen LogP contribution in [-0.4, -0.2) is 26.8 Å². The molecule has 0 saturated heterocycles. The summed E-state index contributed by atoms with van der Waals surface area (Å²) in [6, 6.07) is 11.9. The molecule has 3 rings (SSSR count). The van der Waals surface area contributed by atoms with Crippen molar-refractivity contribution >= 4 is 33.0 Å². The van der Waals surface area contributed by atoms with Gasteiger partial charge in [0.25, 0.3) is 0 Å². The Balaban J connectivity index is 1.66. The molecule has 2 N–H and O–H groups in total. The number of hydrogen-bond donors (Lipinski definition) is 2. The molecule has 2 amide bonds. The van der Waals surface area contributed by atoms with E-state index in [1.165, 1.54) is 42.7 Å². The number of thiophene rings is 1. The number of benzene rings is 1. The maximum Gasteiger partial charge on any atom is 0.309 e. The third-order valence-electron chi connectivity index (χ3n) is 4.06. The van der Waals surface area contributed by atoms with Crippen LogP contribution in [0, 0.1) is 5.82 Å². The zero-order chi connectivity index (χ0) is 20.9. The van der Waals surface area contributed by atoms with Crippen LogP contribution in [0.2, 0.25) is 0 Å². The Labute approximate surface area is 170 Å². The predicted molar refractivity (Wildman–Crippen MR) is 104 cm³/mol. The Hall–Kier alpha value is -2.98. The summed E-state index contributed by atoms with van der Waals surface area (Å²) in [5.41, 5.74) is 0.224. The van der Waals surface area contributed by atoms with Crippen molar-refractivity contribution in [2.75, 3.05) is 6.54 Å². The van der Waals surface area contributed by atoms with Crippen molar-refractivity contribution in [3.8, 4) is 0 Å². The van der Waals surface area contributed by atoms with Gasteiger partial charge in [-0.1, -0.05) is 24.3 Å². The Kier molecular flexibility index (Phi) is 6.45. The fourth-order valence-corrected chi connectivity index (χ4v) is 5.36. The monoisotopic (exact) mass is 436 g/mol. The van der Waals surface area contributed by atoms with E-state index in [-0.39, 0.29) is 28.6 Å². The predicted octanol–water partition coefficient (Wildman–Crippen LogP) is 2.43. The van der Waals surface area contributed by atoms with Crippen LogP contribution in [-0.2, 0) is 26.0 Å². The maximum absolute atomic E-state index is 13.6. The van der Waals surface area contributed by atoms with E-state index in [0.717, 1.165) is 11.3 Å². The summed E-state index contributed by atoms with van der Waals surface area (Å²) < 4.78 is 44.7. The highest BCUT2D eigenvalue weighted by Gasteiger charge is 2.33. The summed E-state index contributed by atoms with van der Waals surface area (Å²) in [7, 11) is -3.83. The minimum Gasteiger partial charge on any atom is -0.468 e. The first-order valence-corrected chi connectivity index (χ1v) is 10.9. The second-order valence-corrected chi connectivity index (χ2v) is 9.27. The number of furan rings is 1. The number of rotatable bonds is 7. The van der Waals surface area contributed by atoms with Crippen LogP contribution in [0.3, 0.4) is 0 Å². The lowest BCUT2D eigenvalue weighted by atomic mass is 10.2. The van der Waals surface area contributed by atoms with Crippen molar-refractivity contribution in [2.24, 2.45) is 0 Å². The number of halogens is 1. The number of carbonyl (C=O) groups excluding carboxylic acids is 2. The van der Waals surface area contributed by atoms with E-state index in [4.69, 9.17) is 4.42 Å². The Morgan fingerprint density at radius 3 is 2.45 bits per heavy atom. The van der Waals surface area contributed by atoms with Crippen molar-refractivity contribution in [2.45, 2.75) is 16.0 Å².